The van der Waals surface area contributed by atoms with Gasteiger partial charge in [-0.25, -0.2) is 0 Å². The zero-order chi connectivity index (χ0) is 15.9. The molecule has 2 aromatic rings. The molecule has 2 aromatic carbocycles. The summed E-state index contributed by atoms with van der Waals surface area (Å²) < 4.78 is 6.31. The van der Waals surface area contributed by atoms with Gasteiger partial charge in [-0.1, -0.05) is 79.7 Å². The minimum absolute atomic E-state index is 0.0126. The first-order valence-corrected chi connectivity index (χ1v) is 8.48. The molecule has 0 spiro atoms. The highest BCUT2D eigenvalue weighted by Crippen LogP contribution is 2.30. The summed E-state index contributed by atoms with van der Waals surface area (Å²) in [6, 6.07) is 19.2. The minimum Gasteiger partial charge on any atom is -0.364 e. The second kappa shape index (κ2) is 7.94. The quantitative estimate of drug-likeness (QED) is 0.657. The third-order valence-electron chi connectivity index (χ3n) is 4.28. The Balaban J connectivity index is 1.75. The maximum absolute atomic E-state index is 6.31. The van der Waals surface area contributed by atoms with E-state index < -0.39 is 0 Å². The summed E-state index contributed by atoms with van der Waals surface area (Å²) in [4.78, 5) is 0. The van der Waals surface area contributed by atoms with Crippen molar-refractivity contribution in [2.24, 2.45) is 0 Å². The van der Waals surface area contributed by atoms with Gasteiger partial charge in [0.1, 0.15) is 6.10 Å². The van der Waals surface area contributed by atoms with E-state index >= 15 is 0 Å². The highest BCUT2D eigenvalue weighted by molar-refractivity contribution is 5.34. The van der Waals surface area contributed by atoms with Gasteiger partial charge in [-0.2, -0.15) is 0 Å². The van der Waals surface area contributed by atoms with Gasteiger partial charge in [-0.3, -0.25) is 0 Å². The molecule has 1 heteroatoms. The average Bonchev–Trinajstić information content (AvgIpc) is 2.64. The van der Waals surface area contributed by atoms with Gasteiger partial charge in [0.2, 0.25) is 0 Å². The molecule has 0 heterocycles. The number of ether oxygens (including phenoxy) is 1. The van der Waals surface area contributed by atoms with Crippen LogP contribution >= 0.6 is 0 Å². The van der Waals surface area contributed by atoms with E-state index in [0.29, 0.717) is 6.61 Å². The molecule has 0 aliphatic heterocycles. The smallest absolute Gasteiger partial charge is 0.108 e. The Labute approximate surface area is 139 Å². The van der Waals surface area contributed by atoms with E-state index in [0.717, 1.165) is 19.3 Å². The molecule has 118 valence electrons. The Kier molecular flexibility index (Phi) is 5.44. The highest BCUT2D eigenvalue weighted by Gasteiger charge is 2.16. The molecule has 0 saturated heterocycles. The van der Waals surface area contributed by atoms with Gasteiger partial charge < -0.3 is 4.74 Å². The molecule has 0 aromatic heterocycles. The van der Waals surface area contributed by atoms with Crippen molar-refractivity contribution in [2.45, 2.75) is 38.9 Å². The van der Waals surface area contributed by atoms with Crippen molar-refractivity contribution in [3.8, 4) is 0 Å². The zero-order valence-electron chi connectivity index (χ0n) is 13.7. The van der Waals surface area contributed by atoms with Gasteiger partial charge in [-0.05, 0) is 41.5 Å². The molecule has 1 atom stereocenters. The third kappa shape index (κ3) is 4.20. The Hall–Kier alpha value is -2.12. The van der Waals surface area contributed by atoms with Crippen molar-refractivity contribution < 1.29 is 4.74 Å². The van der Waals surface area contributed by atoms with Crippen LogP contribution < -0.4 is 0 Å². The molecule has 3 rings (SSSR count). The Morgan fingerprint density at radius 2 is 1.65 bits per heavy atom. The van der Waals surface area contributed by atoms with Crippen LogP contribution in [0.4, 0.5) is 0 Å². The second-order valence-corrected chi connectivity index (χ2v) is 5.96. The first kappa shape index (κ1) is 15.8. The van der Waals surface area contributed by atoms with E-state index in [9.17, 15) is 0 Å². The number of allylic oxidation sites excluding steroid dienone is 2. The molecule has 0 saturated carbocycles. The van der Waals surface area contributed by atoms with E-state index in [1.165, 1.54) is 22.3 Å². The Morgan fingerprint density at radius 1 is 0.913 bits per heavy atom. The second-order valence-electron chi connectivity index (χ2n) is 5.96. The summed E-state index contributed by atoms with van der Waals surface area (Å²) in [5.41, 5.74) is 5.08. The van der Waals surface area contributed by atoms with Crippen molar-refractivity contribution >= 4 is 0 Å². The average molecular weight is 304 g/mol. The number of hydrogen-bond acceptors (Lipinski definition) is 1. The fourth-order valence-electron chi connectivity index (χ4n) is 2.89. The summed E-state index contributed by atoms with van der Waals surface area (Å²) in [5, 5.41) is 0. The van der Waals surface area contributed by atoms with Crippen molar-refractivity contribution in [3.63, 3.8) is 0 Å². The van der Waals surface area contributed by atoms with Crippen molar-refractivity contribution in [3.05, 3.63) is 95.1 Å². The summed E-state index contributed by atoms with van der Waals surface area (Å²) in [5.74, 6) is 0. The van der Waals surface area contributed by atoms with Gasteiger partial charge >= 0.3 is 0 Å². The van der Waals surface area contributed by atoms with Crippen LogP contribution in [0.5, 0.6) is 0 Å². The maximum Gasteiger partial charge on any atom is 0.108 e. The molecular weight excluding hydrogens is 280 g/mol. The predicted octanol–water partition coefficient (Wildman–Crippen LogP) is 5.78. The first-order valence-electron chi connectivity index (χ1n) is 8.48. The van der Waals surface area contributed by atoms with Crippen LogP contribution in [-0.4, -0.2) is 0 Å². The van der Waals surface area contributed by atoms with Crippen LogP contribution in [0.25, 0.3) is 0 Å². The van der Waals surface area contributed by atoms with E-state index in [2.05, 4.69) is 79.7 Å². The lowest BCUT2D eigenvalue weighted by Gasteiger charge is -2.21. The Bertz CT molecular complexity index is 665. The van der Waals surface area contributed by atoms with E-state index in [1.54, 1.807) is 0 Å². The van der Waals surface area contributed by atoms with Crippen molar-refractivity contribution in [1.82, 2.24) is 0 Å². The molecule has 0 fully saturated rings. The number of aryl methyl sites for hydroxylation is 1. The fourth-order valence-corrected chi connectivity index (χ4v) is 2.89. The van der Waals surface area contributed by atoms with Gasteiger partial charge in [0.25, 0.3) is 0 Å². The van der Waals surface area contributed by atoms with Crippen LogP contribution in [-0.2, 0) is 17.8 Å². The largest absolute Gasteiger partial charge is 0.364 e. The van der Waals surface area contributed by atoms with Crippen LogP contribution in [0.3, 0.4) is 0 Å². The molecule has 0 N–H and O–H groups in total. The molecule has 1 nitrogen and oxygen atoms in total. The molecule has 0 bridgehead atoms. The Morgan fingerprint density at radius 3 is 2.30 bits per heavy atom. The molecule has 23 heavy (non-hydrogen) atoms. The standard InChI is InChI=1S/C22H24O/c1-2-18-13-15-19(16-14-18)17-23-22(20-9-5-3-6-10-20)21-11-7-4-8-12-21/h3,5-7,9-16,22H,2,4,8,17H2,1H3. The lowest BCUT2D eigenvalue weighted by molar-refractivity contribution is 0.0659. The maximum atomic E-state index is 6.31. The molecular formula is C22H24O. The summed E-state index contributed by atoms with van der Waals surface area (Å²) in [6.07, 6.45) is 10.1. The van der Waals surface area contributed by atoms with E-state index in [4.69, 9.17) is 4.74 Å². The van der Waals surface area contributed by atoms with Crippen LogP contribution in [0, 0.1) is 0 Å². The molecule has 0 amide bonds. The molecule has 1 unspecified atom stereocenters. The fraction of sp³-hybridized carbons (Fsp3) is 0.273. The van der Waals surface area contributed by atoms with Gasteiger partial charge in [-0.15, -0.1) is 0 Å². The van der Waals surface area contributed by atoms with E-state index in [-0.39, 0.29) is 6.10 Å². The van der Waals surface area contributed by atoms with Gasteiger partial charge in [0, 0.05) is 0 Å². The monoisotopic (exact) mass is 304 g/mol. The van der Waals surface area contributed by atoms with Gasteiger partial charge in [0.05, 0.1) is 6.61 Å². The third-order valence-corrected chi connectivity index (χ3v) is 4.28. The summed E-state index contributed by atoms with van der Waals surface area (Å²) >= 11 is 0. The number of benzene rings is 2. The lowest BCUT2D eigenvalue weighted by atomic mass is 9.96. The summed E-state index contributed by atoms with van der Waals surface area (Å²) in [6.45, 7) is 2.81. The molecule has 1 aliphatic rings. The van der Waals surface area contributed by atoms with Crippen LogP contribution in [0.2, 0.25) is 0 Å². The highest BCUT2D eigenvalue weighted by atomic mass is 16.5. The SMILES string of the molecule is CCc1ccc(COC(C2=CCCC=C2)c2ccccc2)cc1. The number of rotatable bonds is 6. The zero-order valence-corrected chi connectivity index (χ0v) is 13.7. The number of hydrogen-bond donors (Lipinski definition) is 0. The molecule has 1 aliphatic carbocycles. The van der Waals surface area contributed by atoms with Gasteiger partial charge in [0.15, 0.2) is 0 Å². The predicted molar refractivity (Wildman–Crippen MR) is 96.2 cm³/mol. The van der Waals surface area contributed by atoms with E-state index in [1.807, 2.05) is 0 Å². The summed E-state index contributed by atoms with van der Waals surface area (Å²) in [7, 11) is 0. The molecule has 0 radical (unpaired) electrons. The van der Waals surface area contributed by atoms with Crippen molar-refractivity contribution in [2.75, 3.05) is 0 Å². The normalized spacial score (nSPS) is 15.3. The van der Waals surface area contributed by atoms with Crippen LogP contribution in [0.15, 0.2) is 78.4 Å². The minimum atomic E-state index is 0.0126. The topological polar surface area (TPSA) is 9.23 Å². The first-order chi connectivity index (χ1) is 11.4. The van der Waals surface area contributed by atoms with Crippen molar-refractivity contribution in [1.29, 1.82) is 0 Å². The van der Waals surface area contributed by atoms with Crippen LogP contribution in [0.1, 0.15) is 42.6 Å². The lowest BCUT2D eigenvalue weighted by Crippen LogP contribution is -2.08.